The van der Waals surface area contributed by atoms with Crippen molar-refractivity contribution in [2.75, 3.05) is 25.5 Å². The van der Waals surface area contributed by atoms with Crippen LogP contribution in [0.15, 0.2) is 0 Å². The van der Waals surface area contributed by atoms with Gasteiger partial charge in [0.2, 0.25) is 5.88 Å². The molecule has 0 aliphatic carbocycles. The molecule has 0 amide bonds. The van der Waals surface area contributed by atoms with E-state index in [9.17, 15) is 8.42 Å². The van der Waals surface area contributed by atoms with E-state index >= 15 is 0 Å². The molecule has 6 heteroatoms. The predicted molar refractivity (Wildman–Crippen MR) is 62.2 cm³/mol. The van der Waals surface area contributed by atoms with Gasteiger partial charge in [-0.3, -0.25) is 4.55 Å². The molecule has 0 aromatic carbocycles. The SMILES string of the molecule is CCC[N+](CCC)(CCC)CS(=O)(=O)O.[Br-]. The second kappa shape index (κ2) is 8.44. The lowest BCUT2D eigenvalue weighted by atomic mass is 10.2. The average Bonchev–Trinajstić information content (AvgIpc) is 2.01. The summed E-state index contributed by atoms with van der Waals surface area (Å²) >= 11 is 0. The lowest BCUT2D eigenvalue weighted by molar-refractivity contribution is -0.917. The zero-order chi connectivity index (χ0) is 11.9. The van der Waals surface area contributed by atoms with Crippen molar-refractivity contribution < 1.29 is 34.4 Å². The van der Waals surface area contributed by atoms with Crippen LogP contribution >= 0.6 is 0 Å². The molecule has 0 aromatic heterocycles. The molecule has 16 heavy (non-hydrogen) atoms. The smallest absolute Gasteiger partial charge is 0.316 e. The number of hydrogen-bond acceptors (Lipinski definition) is 2. The van der Waals surface area contributed by atoms with Gasteiger partial charge in [-0.2, -0.15) is 8.42 Å². The van der Waals surface area contributed by atoms with Gasteiger partial charge in [0, 0.05) is 0 Å². The molecule has 0 bridgehead atoms. The van der Waals surface area contributed by atoms with Gasteiger partial charge >= 0.3 is 10.1 Å². The van der Waals surface area contributed by atoms with Crippen molar-refractivity contribution in [3.63, 3.8) is 0 Å². The van der Waals surface area contributed by atoms with Crippen molar-refractivity contribution >= 4 is 10.1 Å². The summed E-state index contributed by atoms with van der Waals surface area (Å²) in [6.45, 7) is 8.59. The van der Waals surface area contributed by atoms with Gasteiger partial charge in [-0.05, 0) is 19.3 Å². The van der Waals surface area contributed by atoms with E-state index in [1.54, 1.807) is 0 Å². The number of rotatable bonds is 8. The third-order valence-corrected chi connectivity index (χ3v) is 3.40. The largest absolute Gasteiger partial charge is 1.00 e. The van der Waals surface area contributed by atoms with Crippen LogP contribution < -0.4 is 17.0 Å². The molecule has 0 rings (SSSR count). The van der Waals surface area contributed by atoms with Crippen LogP contribution in [-0.4, -0.2) is 43.0 Å². The van der Waals surface area contributed by atoms with Gasteiger partial charge in [0.25, 0.3) is 0 Å². The van der Waals surface area contributed by atoms with Crippen LogP contribution in [0.5, 0.6) is 0 Å². The Labute approximate surface area is 110 Å². The first-order valence-corrected chi connectivity index (χ1v) is 7.30. The Morgan fingerprint density at radius 3 is 1.44 bits per heavy atom. The molecule has 0 atom stereocenters. The van der Waals surface area contributed by atoms with Crippen molar-refractivity contribution in [3.8, 4) is 0 Å². The van der Waals surface area contributed by atoms with Crippen molar-refractivity contribution in [3.05, 3.63) is 0 Å². The van der Waals surface area contributed by atoms with Gasteiger partial charge in [0.05, 0.1) is 19.6 Å². The monoisotopic (exact) mass is 317 g/mol. The number of halogens is 1. The Hall–Kier alpha value is 0.350. The lowest BCUT2D eigenvalue weighted by Crippen LogP contribution is -3.00. The highest BCUT2D eigenvalue weighted by atomic mass is 79.9. The van der Waals surface area contributed by atoms with Gasteiger partial charge in [0.1, 0.15) is 0 Å². The Balaban J connectivity index is 0. The van der Waals surface area contributed by atoms with Crippen LogP contribution in [-0.2, 0) is 10.1 Å². The molecule has 0 spiro atoms. The molecule has 0 aromatic rings. The number of hydrogen-bond donors (Lipinski definition) is 1. The molecule has 100 valence electrons. The van der Waals surface area contributed by atoms with Gasteiger partial charge in [-0.25, -0.2) is 0 Å². The maximum Gasteiger partial charge on any atom is 0.316 e. The molecule has 0 aliphatic heterocycles. The fourth-order valence-corrected chi connectivity index (χ4v) is 3.38. The molecular formula is C10H24BrNO3S. The second-order valence-electron chi connectivity index (χ2n) is 4.22. The minimum absolute atomic E-state index is 0. The Morgan fingerprint density at radius 2 is 1.25 bits per heavy atom. The molecule has 4 nitrogen and oxygen atoms in total. The lowest BCUT2D eigenvalue weighted by Gasteiger charge is -2.37. The molecule has 0 saturated heterocycles. The van der Waals surface area contributed by atoms with Crippen LogP contribution in [0.4, 0.5) is 0 Å². The first-order chi connectivity index (χ1) is 6.89. The zero-order valence-electron chi connectivity index (χ0n) is 10.4. The summed E-state index contributed by atoms with van der Waals surface area (Å²) in [5.74, 6) is -0.136. The summed E-state index contributed by atoms with van der Waals surface area (Å²) in [7, 11) is -3.88. The van der Waals surface area contributed by atoms with E-state index in [2.05, 4.69) is 0 Å². The van der Waals surface area contributed by atoms with E-state index in [-0.39, 0.29) is 22.9 Å². The fraction of sp³-hybridized carbons (Fsp3) is 1.00. The molecule has 0 radical (unpaired) electrons. The Kier molecular flexibility index (Phi) is 9.87. The van der Waals surface area contributed by atoms with Crippen molar-refractivity contribution in [1.82, 2.24) is 0 Å². The van der Waals surface area contributed by atoms with Crippen LogP contribution in [0.1, 0.15) is 40.0 Å². The van der Waals surface area contributed by atoms with Gasteiger partial charge in [-0.15, -0.1) is 0 Å². The predicted octanol–water partition coefficient (Wildman–Crippen LogP) is -1.12. The molecule has 0 heterocycles. The van der Waals surface area contributed by atoms with Gasteiger partial charge in [-0.1, -0.05) is 20.8 Å². The second-order valence-corrected chi connectivity index (χ2v) is 5.65. The molecule has 0 saturated carbocycles. The minimum Gasteiger partial charge on any atom is -1.00 e. The highest BCUT2D eigenvalue weighted by Crippen LogP contribution is 2.13. The summed E-state index contributed by atoms with van der Waals surface area (Å²) in [6, 6.07) is 0. The molecule has 0 unspecified atom stereocenters. The zero-order valence-corrected chi connectivity index (χ0v) is 12.8. The van der Waals surface area contributed by atoms with E-state index in [1.165, 1.54) is 0 Å². The van der Waals surface area contributed by atoms with Gasteiger partial charge < -0.3 is 21.5 Å². The summed E-state index contributed by atoms with van der Waals surface area (Å²) < 4.78 is 31.5. The topological polar surface area (TPSA) is 54.4 Å². The van der Waals surface area contributed by atoms with Crippen molar-refractivity contribution in [2.24, 2.45) is 0 Å². The van der Waals surface area contributed by atoms with Crippen LogP contribution in [0.25, 0.3) is 0 Å². The quantitative estimate of drug-likeness (QED) is 0.456. The van der Waals surface area contributed by atoms with E-state index in [4.69, 9.17) is 4.55 Å². The average molecular weight is 318 g/mol. The minimum atomic E-state index is -3.88. The van der Waals surface area contributed by atoms with Crippen molar-refractivity contribution in [2.45, 2.75) is 40.0 Å². The standard InChI is InChI=1S/C10H23NO3S.BrH/c1-4-7-11(8-5-2,9-6-3)10-15(12,13)14;/h4-10H2,1-3H3;1H. The van der Waals surface area contributed by atoms with E-state index in [1.807, 2.05) is 20.8 Å². The summed E-state index contributed by atoms with van der Waals surface area (Å²) in [4.78, 5) is 0. The first kappa shape index (κ1) is 18.7. The van der Waals surface area contributed by atoms with E-state index in [0.29, 0.717) is 4.48 Å². The summed E-state index contributed by atoms with van der Waals surface area (Å²) in [5, 5.41) is 0. The van der Waals surface area contributed by atoms with Gasteiger partial charge in [0.15, 0.2) is 0 Å². The number of quaternary nitrogens is 1. The third kappa shape index (κ3) is 7.60. The van der Waals surface area contributed by atoms with E-state index < -0.39 is 10.1 Å². The highest BCUT2D eigenvalue weighted by molar-refractivity contribution is 7.85. The summed E-state index contributed by atoms with van der Waals surface area (Å²) in [6.07, 6.45) is 2.82. The summed E-state index contributed by atoms with van der Waals surface area (Å²) in [5.41, 5.74) is 0. The van der Waals surface area contributed by atoms with Crippen LogP contribution in [0.2, 0.25) is 0 Å². The third-order valence-electron chi connectivity index (χ3n) is 2.53. The molecule has 0 fully saturated rings. The normalized spacial score (nSPS) is 12.2. The van der Waals surface area contributed by atoms with Crippen LogP contribution in [0.3, 0.4) is 0 Å². The molecular weight excluding hydrogens is 294 g/mol. The molecule has 1 N–H and O–H groups in total. The maximum absolute atomic E-state index is 11.0. The molecule has 0 aliphatic rings. The fourth-order valence-electron chi connectivity index (χ4n) is 2.30. The first-order valence-electron chi connectivity index (χ1n) is 5.69. The Bertz CT molecular complexity index is 250. The highest BCUT2D eigenvalue weighted by Gasteiger charge is 2.30. The Morgan fingerprint density at radius 1 is 0.938 bits per heavy atom. The number of nitrogens with zero attached hydrogens (tertiary/aromatic N) is 1. The maximum atomic E-state index is 11.0. The van der Waals surface area contributed by atoms with Crippen molar-refractivity contribution in [1.29, 1.82) is 0 Å². The van der Waals surface area contributed by atoms with E-state index in [0.717, 1.165) is 38.9 Å². The van der Waals surface area contributed by atoms with Crippen LogP contribution in [0, 0.1) is 0 Å².